The van der Waals surface area contributed by atoms with Crippen LogP contribution in [0, 0.1) is 12.8 Å². The van der Waals surface area contributed by atoms with Crippen LogP contribution in [0.4, 0.5) is 5.69 Å². The van der Waals surface area contributed by atoms with Crippen LogP contribution in [0.3, 0.4) is 0 Å². The number of ether oxygens (including phenoxy) is 1. The summed E-state index contributed by atoms with van der Waals surface area (Å²) in [7, 11) is 1.35. The zero-order chi connectivity index (χ0) is 20.0. The van der Waals surface area contributed by atoms with Gasteiger partial charge in [0.25, 0.3) is 5.91 Å². The fourth-order valence-electron chi connectivity index (χ4n) is 3.41. The zero-order valence-electron chi connectivity index (χ0n) is 16.7. The minimum atomic E-state index is -0.581. The van der Waals surface area contributed by atoms with Crippen LogP contribution in [-0.4, -0.2) is 57.8 Å². The van der Waals surface area contributed by atoms with Gasteiger partial charge in [0.1, 0.15) is 6.04 Å². The van der Waals surface area contributed by atoms with Crippen molar-refractivity contribution in [2.45, 2.75) is 33.2 Å². The van der Waals surface area contributed by atoms with E-state index in [1.165, 1.54) is 17.6 Å². The second-order valence-corrected chi connectivity index (χ2v) is 7.73. The number of carbonyl (C=O) groups is 2. The smallest absolute Gasteiger partial charge is 0.328 e. The number of carbonyl (C=O) groups excluding carboxylic acids is 2. The summed E-state index contributed by atoms with van der Waals surface area (Å²) in [6.07, 6.45) is 0.796. The monoisotopic (exact) mass is 396 g/mol. The summed E-state index contributed by atoms with van der Waals surface area (Å²) in [6.45, 7) is 9.87. The van der Waals surface area contributed by atoms with E-state index in [9.17, 15) is 9.59 Å². The van der Waals surface area contributed by atoms with Gasteiger partial charge in [-0.25, -0.2) is 4.79 Å². The summed E-state index contributed by atoms with van der Waals surface area (Å²) >= 11 is 6.13. The molecule has 1 saturated heterocycles. The van der Waals surface area contributed by atoms with Gasteiger partial charge in [-0.15, -0.1) is 0 Å². The second kappa shape index (κ2) is 9.95. The van der Waals surface area contributed by atoms with Crippen LogP contribution in [0.2, 0.25) is 5.02 Å². The van der Waals surface area contributed by atoms with Crippen LogP contribution in [0.15, 0.2) is 18.2 Å². The topological polar surface area (TPSA) is 63.1 Å². The van der Waals surface area contributed by atoms with Crippen LogP contribution in [0.25, 0.3) is 0 Å². The Balaban J connectivity index is 1.88. The number of rotatable bonds is 7. The molecule has 0 aromatic heterocycles. The second-order valence-electron chi connectivity index (χ2n) is 7.30. The summed E-state index contributed by atoms with van der Waals surface area (Å²) in [6, 6.07) is 5.36. The maximum Gasteiger partial charge on any atom is 0.328 e. The molecule has 7 heteroatoms. The van der Waals surface area contributed by atoms with Gasteiger partial charge in [0.2, 0.25) is 0 Å². The van der Waals surface area contributed by atoms with E-state index in [0.717, 1.165) is 43.3 Å². The number of nitrogens with zero attached hydrogens (tertiary/aromatic N) is 1. The Kier molecular flexibility index (Phi) is 7.92. The Bertz CT molecular complexity index is 660. The molecular formula is C20H31ClN3O3+. The maximum atomic E-state index is 12.4. The third-order valence-corrected chi connectivity index (χ3v) is 5.61. The Morgan fingerprint density at radius 2 is 2.00 bits per heavy atom. The number of quaternary nitrogens is 1. The minimum absolute atomic E-state index is 0.0408. The summed E-state index contributed by atoms with van der Waals surface area (Å²) in [5.41, 5.74) is 2.36. The Morgan fingerprint density at radius 3 is 2.59 bits per heavy atom. The predicted molar refractivity (Wildman–Crippen MR) is 107 cm³/mol. The molecule has 1 amide bonds. The average Bonchev–Trinajstić information content (AvgIpc) is 2.67. The number of hydrogen-bond donors (Lipinski definition) is 2. The van der Waals surface area contributed by atoms with Crippen LogP contribution >= 0.6 is 11.6 Å². The fraction of sp³-hybridized carbons (Fsp3) is 0.600. The minimum Gasteiger partial charge on any atom is -0.467 e. The van der Waals surface area contributed by atoms with E-state index in [1.807, 2.05) is 32.0 Å². The molecule has 0 bridgehead atoms. The SMILES string of the molecule is CC[C@@H](C)[C@H](NC(=O)C[NH+]1CCN(c2cc(Cl)ccc2C)CC1)C(=O)OC. The number of esters is 1. The molecule has 0 unspecified atom stereocenters. The van der Waals surface area contributed by atoms with Gasteiger partial charge in [-0.05, 0) is 30.5 Å². The number of benzene rings is 1. The number of amides is 1. The zero-order valence-corrected chi connectivity index (χ0v) is 17.4. The molecule has 0 saturated carbocycles. The van der Waals surface area contributed by atoms with Gasteiger partial charge >= 0.3 is 5.97 Å². The highest BCUT2D eigenvalue weighted by atomic mass is 35.5. The van der Waals surface area contributed by atoms with Gasteiger partial charge in [-0.2, -0.15) is 0 Å². The number of methoxy groups -OCH3 is 1. The molecule has 1 aliphatic heterocycles. The van der Waals surface area contributed by atoms with E-state index in [1.54, 1.807) is 0 Å². The molecule has 1 fully saturated rings. The molecular weight excluding hydrogens is 366 g/mol. The van der Waals surface area contributed by atoms with Crippen LogP contribution in [0.5, 0.6) is 0 Å². The maximum absolute atomic E-state index is 12.4. The van der Waals surface area contributed by atoms with E-state index in [4.69, 9.17) is 16.3 Å². The van der Waals surface area contributed by atoms with E-state index in [2.05, 4.69) is 17.1 Å². The molecule has 6 nitrogen and oxygen atoms in total. The first-order valence-electron chi connectivity index (χ1n) is 9.57. The molecule has 1 heterocycles. The highest BCUT2D eigenvalue weighted by Crippen LogP contribution is 2.24. The first-order valence-corrected chi connectivity index (χ1v) is 9.95. The van der Waals surface area contributed by atoms with Crippen molar-refractivity contribution in [3.05, 3.63) is 28.8 Å². The van der Waals surface area contributed by atoms with E-state index >= 15 is 0 Å². The van der Waals surface area contributed by atoms with Crippen LogP contribution in [-0.2, 0) is 14.3 Å². The standard InChI is InChI=1S/C20H30ClN3O3/c1-5-14(2)19(20(26)27-4)22-18(25)13-23-8-10-24(11-9-23)17-12-16(21)7-6-15(17)3/h6-7,12,14,19H,5,8-11,13H2,1-4H3,(H,22,25)/p+1/t14-,19+/m1/s1. The van der Waals surface area contributed by atoms with Crippen molar-refractivity contribution in [1.29, 1.82) is 0 Å². The van der Waals surface area contributed by atoms with E-state index in [-0.39, 0.29) is 17.8 Å². The van der Waals surface area contributed by atoms with Gasteiger partial charge in [0, 0.05) is 10.7 Å². The molecule has 27 heavy (non-hydrogen) atoms. The number of aryl methyl sites for hydroxylation is 1. The third kappa shape index (κ3) is 5.84. The molecule has 150 valence electrons. The quantitative estimate of drug-likeness (QED) is 0.676. The highest BCUT2D eigenvalue weighted by molar-refractivity contribution is 6.30. The highest BCUT2D eigenvalue weighted by Gasteiger charge is 2.29. The van der Waals surface area contributed by atoms with E-state index < -0.39 is 6.04 Å². The lowest BCUT2D eigenvalue weighted by molar-refractivity contribution is -0.892. The Morgan fingerprint density at radius 1 is 1.33 bits per heavy atom. The molecule has 1 aliphatic rings. The molecule has 0 radical (unpaired) electrons. The van der Waals surface area contributed by atoms with Crippen molar-refractivity contribution in [3.8, 4) is 0 Å². The van der Waals surface area contributed by atoms with Crippen LogP contribution in [0.1, 0.15) is 25.8 Å². The van der Waals surface area contributed by atoms with Crippen molar-refractivity contribution in [2.24, 2.45) is 5.92 Å². The van der Waals surface area contributed by atoms with Crippen molar-refractivity contribution in [1.82, 2.24) is 5.32 Å². The number of anilines is 1. The van der Waals surface area contributed by atoms with Crippen LogP contribution < -0.4 is 15.1 Å². The van der Waals surface area contributed by atoms with Gasteiger partial charge in [-0.1, -0.05) is 37.9 Å². The molecule has 2 atom stereocenters. The Hall–Kier alpha value is -1.79. The number of nitrogens with one attached hydrogen (secondary N) is 2. The normalized spacial score (nSPS) is 17.3. The first-order chi connectivity index (χ1) is 12.8. The van der Waals surface area contributed by atoms with Crippen molar-refractivity contribution < 1.29 is 19.2 Å². The number of halogens is 1. The van der Waals surface area contributed by atoms with E-state index in [0.29, 0.717) is 6.54 Å². The number of piperazine rings is 1. The average molecular weight is 397 g/mol. The van der Waals surface area contributed by atoms with Crippen molar-refractivity contribution >= 4 is 29.2 Å². The molecule has 2 rings (SSSR count). The molecule has 1 aromatic rings. The first kappa shape index (κ1) is 21.5. The molecule has 2 N–H and O–H groups in total. The largest absolute Gasteiger partial charge is 0.467 e. The van der Waals surface area contributed by atoms with Gasteiger partial charge in [0.15, 0.2) is 6.54 Å². The van der Waals surface area contributed by atoms with Gasteiger partial charge in [0.05, 0.1) is 33.3 Å². The lowest BCUT2D eigenvalue weighted by Crippen LogP contribution is -3.16. The molecule has 0 aliphatic carbocycles. The fourth-order valence-corrected chi connectivity index (χ4v) is 3.58. The third-order valence-electron chi connectivity index (χ3n) is 5.38. The summed E-state index contributed by atoms with van der Waals surface area (Å²) in [4.78, 5) is 27.9. The summed E-state index contributed by atoms with van der Waals surface area (Å²) in [5, 5.41) is 3.60. The van der Waals surface area contributed by atoms with Gasteiger partial charge < -0.3 is 19.9 Å². The molecule has 1 aromatic carbocycles. The summed E-state index contributed by atoms with van der Waals surface area (Å²) in [5.74, 6) is -0.443. The lowest BCUT2D eigenvalue weighted by atomic mass is 9.99. The lowest BCUT2D eigenvalue weighted by Gasteiger charge is -2.34. The molecule has 0 spiro atoms. The predicted octanol–water partition coefficient (Wildman–Crippen LogP) is 1.06. The number of hydrogen-bond acceptors (Lipinski definition) is 4. The Labute approximate surface area is 166 Å². The van der Waals surface area contributed by atoms with Gasteiger partial charge in [-0.3, -0.25) is 4.79 Å². The van der Waals surface area contributed by atoms with Crippen molar-refractivity contribution in [3.63, 3.8) is 0 Å². The van der Waals surface area contributed by atoms with Crippen molar-refractivity contribution in [2.75, 3.05) is 44.7 Å². The summed E-state index contributed by atoms with van der Waals surface area (Å²) < 4.78 is 4.83.